The van der Waals surface area contributed by atoms with E-state index in [1.165, 1.54) is 11.3 Å². The minimum atomic E-state index is -4.30. The van der Waals surface area contributed by atoms with Crippen molar-refractivity contribution >= 4 is 33.4 Å². The van der Waals surface area contributed by atoms with Gasteiger partial charge in [0.1, 0.15) is 0 Å². The van der Waals surface area contributed by atoms with Crippen LogP contribution in [-0.4, -0.2) is 11.2 Å². The number of rotatable bonds is 3. The third-order valence-electron chi connectivity index (χ3n) is 3.88. The fourth-order valence-corrected chi connectivity index (χ4v) is 4.42. The summed E-state index contributed by atoms with van der Waals surface area (Å²) in [5.41, 5.74) is 1.60. The highest BCUT2D eigenvalue weighted by atomic mass is 32.1. The smallest absolute Gasteiger partial charge is 0.250 e. The number of hydrogen-bond acceptors (Lipinski definition) is 3. The fraction of sp³-hybridized carbons (Fsp3) is 0.105. The lowest BCUT2D eigenvalue weighted by molar-refractivity contribution is -0.127. The van der Waals surface area contributed by atoms with E-state index in [0.29, 0.717) is 11.1 Å². The molecule has 3 heterocycles. The van der Waals surface area contributed by atoms with Gasteiger partial charge in [-0.1, -0.05) is 36.4 Å². The molecule has 0 bridgehead atoms. The van der Waals surface area contributed by atoms with E-state index < -0.39 is 12.6 Å². The van der Waals surface area contributed by atoms with E-state index in [9.17, 15) is 13.2 Å². The maximum Gasteiger partial charge on any atom is 0.394 e. The molecule has 0 aliphatic heterocycles. The summed E-state index contributed by atoms with van der Waals surface area (Å²) >= 11 is 3.05. The van der Waals surface area contributed by atoms with Crippen molar-refractivity contribution in [1.82, 2.24) is 4.98 Å². The van der Waals surface area contributed by atoms with Crippen LogP contribution in [0.15, 0.2) is 59.3 Å². The Morgan fingerprint density at radius 3 is 2.04 bits per heavy atom. The van der Waals surface area contributed by atoms with Gasteiger partial charge in [-0.25, -0.2) is 0 Å². The molecule has 0 N–H and O–H groups in total. The van der Waals surface area contributed by atoms with Crippen LogP contribution < -0.4 is 0 Å². The molecule has 0 saturated carbocycles. The standard InChI is InChI=1S/C19H12F3NS2/c20-19(21,22)11-14-12-5-1-2-6-13(12)17(15-7-3-9-24-15)18(23-14)16-8-4-10-25-16/h1-10H,11H2. The summed E-state index contributed by atoms with van der Waals surface area (Å²) in [6.07, 6.45) is -5.33. The first-order valence-electron chi connectivity index (χ1n) is 7.59. The zero-order valence-corrected chi connectivity index (χ0v) is 14.5. The molecule has 0 fully saturated rings. The number of halogens is 3. The maximum absolute atomic E-state index is 13.1. The van der Waals surface area contributed by atoms with Gasteiger partial charge < -0.3 is 0 Å². The van der Waals surface area contributed by atoms with Gasteiger partial charge in [0.25, 0.3) is 0 Å². The highest BCUT2D eigenvalue weighted by molar-refractivity contribution is 7.14. The third-order valence-corrected chi connectivity index (χ3v) is 5.64. The predicted molar refractivity (Wildman–Crippen MR) is 98.1 cm³/mol. The van der Waals surface area contributed by atoms with Crippen molar-refractivity contribution in [3.05, 3.63) is 65.0 Å². The number of nitrogens with zero attached hydrogens (tertiary/aromatic N) is 1. The zero-order chi connectivity index (χ0) is 17.4. The van der Waals surface area contributed by atoms with Crippen LogP contribution in [0, 0.1) is 0 Å². The van der Waals surface area contributed by atoms with E-state index >= 15 is 0 Å². The zero-order valence-electron chi connectivity index (χ0n) is 12.9. The van der Waals surface area contributed by atoms with Gasteiger partial charge in [0, 0.05) is 15.8 Å². The Kier molecular flexibility index (Phi) is 4.09. The molecule has 25 heavy (non-hydrogen) atoms. The largest absolute Gasteiger partial charge is 0.394 e. The molecule has 0 radical (unpaired) electrons. The van der Waals surface area contributed by atoms with Gasteiger partial charge in [0.2, 0.25) is 0 Å². The predicted octanol–water partition coefficient (Wildman–Crippen LogP) is 6.80. The first kappa shape index (κ1) is 16.3. The molecule has 126 valence electrons. The Balaban J connectivity index is 2.08. The molecule has 0 spiro atoms. The van der Waals surface area contributed by atoms with Crippen molar-refractivity contribution in [3.8, 4) is 21.0 Å². The van der Waals surface area contributed by atoms with Gasteiger partial charge in [-0.15, -0.1) is 22.7 Å². The minimum Gasteiger partial charge on any atom is -0.250 e. The van der Waals surface area contributed by atoms with Gasteiger partial charge in [-0.3, -0.25) is 4.98 Å². The average Bonchev–Trinajstić information content (AvgIpc) is 3.27. The molecule has 4 aromatic rings. The Morgan fingerprint density at radius 1 is 0.800 bits per heavy atom. The lowest BCUT2D eigenvalue weighted by atomic mass is 9.98. The van der Waals surface area contributed by atoms with Crippen LogP contribution in [0.2, 0.25) is 0 Å². The van der Waals surface area contributed by atoms with Crippen molar-refractivity contribution in [3.63, 3.8) is 0 Å². The lowest BCUT2D eigenvalue weighted by Crippen LogP contribution is -2.13. The van der Waals surface area contributed by atoms with E-state index in [1.54, 1.807) is 23.5 Å². The topological polar surface area (TPSA) is 12.9 Å². The van der Waals surface area contributed by atoms with Crippen LogP contribution in [0.5, 0.6) is 0 Å². The van der Waals surface area contributed by atoms with E-state index in [4.69, 9.17) is 0 Å². The van der Waals surface area contributed by atoms with Crippen LogP contribution in [-0.2, 0) is 6.42 Å². The number of fused-ring (bicyclic) bond motifs is 1. The summed E-state index contributed by atoms with van der Waals surface area (Å²) < 4.78 is 39.2. The first-order chi connectivity index (χ1) is 12.0. The van der Waals surface area contributed by atoms with E-state index in [1.807, 2.05) is 47.2 Å². The number of aromatic nitrogens is 1. The second kappa shape index (κ2) is 6.28. The highest BCUT2D eigenvalue weighted by Crippen LogP contribution is 2.42. The molecule has 1 nitrogen and oxygen atoms in total. The summed E-state index contributed by atoms with van der Waals surface area (Å²) in [6, 6.07) is 14.9. The summed E-state index contributed by atoms with van der Waals surface area (Å²) in [7, 11) is 0. The Hall–Kier alpha value is -2.18. The Bertz CT molecular complexity index is 1000. The highest BCUT2D eigenvalue weighted by Gasteiger charge is 2.30. The molecule has 0 aliphatic rings. The molecule has 1 aromatic carbocycles. The molecular weight excluding hydrogens is 363 g/mol. The number of thiophene rings is 2. The summed E-state index contributed by atoms with van der Waals surface area (Å²) in [4.78, 5) is 6.36. The van der Waals surface area contributed by atoms with Crippen molar-refractivity contribution in [2.75, 3.05) is 0 Å². The molecule has 6 heteroatoms. The second-order valence-corrected chi connectivity index (χ2v) is 7.47. The molecule has 0 atom stereocenters. The second-order valence-electron chi connectivity index (χ2n) is 5.57. The average molecular weight is 375 g/mol. The summed E-state index contributed by atoms with van der Waals surface area (Å²) in [6.45, 7) is 0. The molecule has 0 aliphatic carbocycles. The van der Waals surface area contributed by atoms with Gasteiger partial charge in [0.15, 0.2) is 0 Å². The Morgan fingerprint density at radius 2 is 1.44 bits per heavy atom. The van der Waals surface area contributed by atoms with Crippen LogP contribution in [0.1, 0.15) is 5.69 Å². The van der Waals surface area contributed by atoms with Crippen LogP contribution in [0.4, 0.5) is 13.2 Å². The summed E-state index contributed by atoms with van der Waals surface area (Å²) in [5, 5.41) is 5.24. The van der Waals surface area contributed by atoms with Gasteiger partial charge in [0.05, 0.1) is 22.7 Å². The third kappa shape index (κ3) is 3.19. The van der Waals surface area contributed by atoms with Crippen LogP contribution >= 0.6 is 22.7 Å². The lowest BCUT2D eigenvalue weighted by Gasteiger charge is -2.15. The number of pyridine rings is 1. The minimum absolute atomic E-state index is 0.0757. The quantitative estimate of drug-likeness (QED) is 0.384. The van der Waals surface area contributed by atoms with Gasteiger partial charge in [-0.05, 0) is 28.3 Å². The van der Waals surface area contributed by atoms with Gasteiger partial charge >= 0.3 is 6.18 Å². The maximum atomic E-state index is 13.1. The Labute approximate surface area is 150 Å². The fourth-order valence-electron chi connectivity index (χ4n) is 2.92. The molecular formula is C19H12F3NS2. The molecule has 0 amide bonds. The van der Waals surface area contributed by atoms with Crippen molar-refractivity contribution in [2.24, 2.45) is 0 Å². The number of hydrogen-bond donors (Lipinski definition) is 0. The van der Waals surface area contributed by atoms with Crippen molar-refractivity contribution in [1.29, 1.82) is 0 Å². The van der Waals surface area contributed by atoms with Crippen molar-refractivity contribution < 1.29 is 13.2 Å². The molecule has 0 saturated heterocycles. The van der Waals surface area contributed by atoms with E-state index in [0.717, 1.165) is 20.7 Å². The number of alkyl halides is 3. The van der Waals surface area contributed by atoms with E-state index in [-0.39, 0.29) is 5.69 Å². The molecule has 3 aromatic heterocycles. The first-order valence-corrected chi connectivity index (χ1v) is 9.35. The summed E-state index contributed by atoms with van der Waals surface area (Å²) in [5.74, 6) is 0. The normalized spacial score (nSPS) is 12.0. The van der Waals surface area contributed by atoms with Gasteiger partial charge in [-0.2, -0.15) is 13.2 Å². The van der Waals surface area contributed by atoms with E-state index in [2.05, 4.69) is 4.98 Å². The number of benzene rings is 1. The van der Waals surface area contributed by atoms with Crippen molar-refractivity contribution in [2.45, 2.75) is 12.6 Å². The SMILES string of the molecule is FC(F)(F)Cc1nc(-c2cccs2)c(-c2cccs2)c2ccccc12. The van der Waals surface area contributed by atoms with Crippen LogP contribution in [0.3, 0.4) is 0 Å². The molecule has 0 unspecified atom stereocenters. The van der Waals surface area contributed by atoms with Crippen LogP contribution in [0.25, 0.3) is 31.8 Å². The molecule has 4 rings (SSSR count). The monoisotopic (exact) mass is 375 g/mol.